The van der Waals surface area contributed by atoms with Gasteiger partial charge in [-0.2, -0.15) is 0 Å². The second-order valence-electron chi connectivity index (χ2n) is 8.75. The Bertz CT molecular complexity index is 1030. The Balaban J connectivity index is 1.95. The third-order valence-electron chi connectivity index (χ3n) is 5.08. The lowest BCUT2D eigenvalue weighted by molar-refractivity contribution is -0.0402. The van der Waals surface area contributed by atoms with E-state index >= 15 is 0 Å². The number of fused-ring (bicyclic) bond motifs is 5. The summed E-state index contributed by atoms with van der Waals surface area (Å²) in [5.41, 5.74) is 4.44. The molecule has 28 heavy (non-hydrogen) atoms. The van der Waals surface area contributed by atoms with Crippen molar-refractivity contribution in [3.63, 3.8) is 0 Å². The van der Waals surface area contributed by atoms with E-state index in [0.29, 0.717) is 19.1 Å². The van der Waals surface area contributed by atoms with Crippen LogP contribution in [0.3, 0.4) is 0 Å². The maximum atomic E-state index is 9.63. The average molecular weight is 401 g/mol. The molecule has 0 fully saturated rings. The van der Waals surface area contributed by atoms with Crippen molar-refractivity contribution in [3.05, 3.63) is 23.1 Å². The lowest BCUT2D eigenvalue weighted by atomic mass is 9.88. The van der Waals surface area contributed by atoms with E-state index < -0.39 is 6.10 Å². The first-order chi connectivity index (χ1) is 13.2. The van der Waals surface area contributed by atoms with Crippen LogP contribution in [0.1, 0.15) is 51.4 Å². The minimum atomic E-state index is -0.444. The second-order valence-corrected chi connectivity index (χ2v) is 9.75. The molecule has 0 amide bonds. The van der Waals surface area contributed by atoms with Crippen LogP contribution in [0.4, 0.5) is 5.82 Å². The number of thiophene rings is 1. The smallest absolute Gasteiger partial charge is 0.147 e. The molecule has 1 aliphatic heterocycles. The van der Waals surface area contributed by atoms with Crippen molar-refractivity contribution in [3.8, 4) is 0 Å². The summed E-state index contributed by atoms with van der Waals surface area (Å²) in [6.07, 6.45) is 2.94. The number of nitrogens with one attached hydrogen (secondary N) is 1. The Kier molecular flexibility index (Phi) is 5.02. The van der Waals surface area contributed by atoms with E-state index in [2.05, 4.69) is 43.0 Å². The maximum Gasteiger partial charge on any atom is 0.147 e. The van der Waals surface area contributed by atoms with E-state index in [0.717, 1.165) is 44.8 Å². The number of rotatable bonds is 5. The van der Waals surface area contributed by atoms with Gasteiger partial charge in [0, 0.05) is 29.6 Å². The zero-order valence-corrected chi connectivity index (χ0v) is 18.0. The number of aromatic nitrogens is 3. The molecule has 4 heterocycles. The van der Waals surface area contributed by atoms with Gasteiger partial charge in [0.15, 0.2) is 0 Å². The third kappa shape index (κ3) is 3.58. The molecule has 7 heteroatoms. The highest BCUT2D eigenvalue weighted by Gasteiger charge is 2.31. The normalized spacial score (nSPS) is 17.2. The number of hydrogen-bond acceptors (Lipinski definition) is 7. The topological polar surface area (TPSA) is 80.2 Å². The van der Waals surface area contributed by atoms with Crippen LogP contribution < -0.4 is 5.32 Å². The Hall–Kier alpha value is -1.83. The molecule has 2 N–H and O–H groups in total. The second kappa shape index (κ2) is 7.21. The van der Waals surface area contributed by atoms with Crippen LogP contribution in [0.15, 0.2) is 6.33 Å². The van der Waals surface area contributed by atoms with Gasteiger partial charge in [-0.25, -0.2) is 15.0 Å². The molecule has 1 unspecified atom stereocenters. The van der Waals surface area contributed by atoms with Gasteiger partial charge in [-0.3, -0.25) is 0 Å². The van der Waals surface area contributed by atoms with Crippen LogP contribution in [0, 0.1) is 5.92 Å². The fraction of sp³-hybridized carbons (Fsp3) is 0.571. The van der Waals surface area contributed by atoms with Gasteiger partial charge < -0.3 is 15.2 Å². The van der Waals surface area contributed by atoms with Crippen molar-refractivity contribution in [2.24, 2.45) is 5.92 Å². The Labute approximate surface area is 169 Å². The van der Waals surface area contributed by atoms with Crippen molar-refractivity contribution in [2.45, 2.75) is 65.8 Å². The summed E-state index contributed by atoms with van der Waals surface area (Å²) in [6, 6.07) is 0. The van der Waals surface area contributed by atoms with E-state index in [-0.39, 0.29) is 5.60 Å². The fourth-order valence-corrected chi connectivity index (χ4v) is 4.94. The molecule has 1 aliphatic rings. The summed E-state index contributed by atoms with van der Waals surface area (Å²) in [7, 11) is 0. The summed E-state index contributed by atoms with van der Waals surface area (Å²) in [6.45, 7) is 11.5. The van der Waals surface area contributed by atoms with Crippen molar-refractivity contribution in [1.29, 1.82) is 0 Å². The van der Waals surface area contributed by atoms with Gasteiger partial charge in [-0.05, 0) is 38.7 Å². The highest BCUT2D eigenvalue weighted by atomic mass is 32.1. The molecular weight excluding hydrogens is 372 g/mol. The van der Waals surface area contributed by atoms with Gasteiger partial charge in [-0.1, -0.05) is 13.8 Å². The highest BCUT2D eigenvalue weighted by molar-refractivity contribution is 7.26. The predicted octanol–water partition coefficient (Wildman–Crippen LogP) is 4.08. The third-order valence-corrected chi connectivity index (χ3v) is 6.16. The molecular formula is C21H28N4O2S. The fourth-order valence-electron chi connectivity index (χ4n) is 3.80. The molecule has 6 nitrogen and oxygen atoms in total. The maximum absolute atomic E-state index is 9.63. The van der Waals surface area contributed by atoms with Gasteiger partial charge in [-0.15, -0.1) is 11.3 Å². The summed E-state index contributed by atoms with van der Waals surface area (Å²) in [5.74, 6) is 1.29. The number of aliphatic hydroxyl groups is 1. The van der Waals surface area contributed by atoms with Crippen molar-refractivity contribution < 1.29 is 9.84 Å². The number of aliphatic hydroxyl groups excluding tert-OH is 1. The molecule has 0 spiro atoms. The zero-order valence-electron chi connectivity index (χ0n) is 17.2. The van der Waals surface area contributed by atoms with Gasteiger partial charge in [0.25, 0.3) is 0 Å². The molecule has 3 aromatic rings. The van der Waals surface area contributed by atoms with Crippen molar-refractivity contribution in [2.75, 3.05) is 11.9 Å². The van der Waals surface area contributed by atoms with Crippen LogP contribution in [0.25, 0.3) is 20.4 Å². The number of anilines is 1. The van der Waals surface area contributed by atoms with Crippen LogP contribution in [0.5, 0.6) is 0 Å². The molecule has 0 aromatic carbocycles. The lowest BCUT2D eigenvalue weighted by Crippen LogP contribution is -2.33. The Morgan fingerprint density at radius 1 is 1.25 bits per heavy atom. The molecule has 150 valence electrons. The zero-order chi connectivity index (χ0) is 20.1. The standard InChI is InChI=1S/C21H28N4O2S/c1-11(2)6-15-14-9-27-21(4,5)7-13(14)16-17-18(28-20(16)25-15)19(24-10-23-17)22-8-12(3)26/h10-12,26H,6-9H2,1-5H3,(H,22,23,24). The predicted molar refractivity (Wildman–Crippen MR) is 114 cm³/mol. The Morgan fingerprint density at radius 3 is 2.75 bits per heavy atom. The van der Waals surface area contributed by atoms with Crippen molar-refractivity contribution >= 4 is 37.6 Å². The monoisotopic (exact) mass is 400 g/mol. The van der Waals surface area contributed by atoms with Gasteiger partial charge >= 0.3 is 0 Å². The van der Waals surface area contributed by atoms with E-state index in [9.17, 15) is 5.11 Å². The molecule has 0 bridgehead atoms. The quantitative estimate of drug-likeness (QED) is 0.672. The van der Waals surface area contributed by atoms with E-state index in [1.54, 1.807) is 24.6 Å². The van der Waals surface area contributed by atoms with E-state index in [1.165, 1.54) is 11.1 Å². The van der Waals surface area contributed by atoms with Crippen LogP contribution in [0.2, 0.25) is 0 Å². The molecule has 1 atom stereocenters. The summed E-state index contributed by atoms with van der Waals surface area (Å²) in [5, 5.41) is 14.0. The highest BCUT2D eigenvalue weighted by Crippen LogP contribution is 2.42. The SMILES string of the molecule is CC(C)Cc1nc2sc3c(NCC(C)O)ncnc3c2c2c1COC(C)(C)C2. The summed E-state index contributed by atoms with van der Waals surface area (Å²) >= 11 is 1.63. The molecule has 0 aliphatic carbocycles. The Morgan fingerprint density at radius 2 is 2.04 bits per heavy atom. The summed E-state index contributed by atoms with van der Waals surface area (Å²) < 4.78 is 7.13. The minimum absolute atomic E-state index is 0.203. The van der Waals surface area contributed by atoms with Gasteiger partial charge in [0.1, 0.15) is 17.0 Å². The molecule has 0 saturated heterocycles. The number of hydrogen-bond donors (Lipinski definition) is 2. The van der Waals surface area contributed by atoms with E-state index in [4.69, 9.17) is 9.72 Å². The first-order valence-corrected chi connectivity index (χ1v) is 10.7. The van der Waals surface area contributed by atoms with E-state index in [1.807, 2.05) is 0 Å². The summed E-state index contributed by atoms with van der Waals surface area (Å²) in [4.78, 5) is 15.1. The largest absolute Gasteiger partial charge is 0.392 e. The van der Waals surface area contributed by atoms with Gasteiger partial charge in [0.05, 0.1) is 28.5 Å². The first kappa shape index (κ1) is 19.5. The van der Waals surface area contributed by atoms with Crippen molar-refractivity contribution in [1.82, 2.24) is 15.0 Å². The molecule has 0 radical (unpaired) electrons. The lowest BCUT2D eigenvalue weighted by Gasteiger charge is -2.33. The molecule has 3 aromatic heterocycles. The van der Waals surface area contributed by atoms with Crippen LogP contribution in [-0.2, 0) is 24.2 Å². The first-order valence-electron chi connectivity index (χ1n) is 9.89. The minimum Gasteiger partial charge on any atom is -0.392 e. The molecule has 4 rings (SSSR count). The van der Waals surface area contributed by atoms with Crippen LogP contribution >= 0.6 is 11.3 Å². The number of nitrogens with zero attached hydrogens (tertiary/aromatic N) is 3. The van der Waals surface area contributed by atoms with Gasteiger partial charge in [0.2, 0.25) is 0 Å². The van der Waals surface area contributed by atoms with Crippen LogP contribution in [-0.4, -0.2) is 38.3 Å². The molecule has 0 saturated carbocycles. The number of ether oxygens (including phenoxy) is 1. The average Bonchev–Trinajstić information content (AvgIpc) is 2.97. The number of pyridine rings is 1.